The standard InChI is InChI=1S/C19H33N3O2/c23-18(19(24)21-16-6-2-1-3-7-16)20-14-15-10-12-22(13-11-15)17-8-4-5-9-17/h15-17H,1-14H2,(H,20,23)(H,21,24). The zero-order chi connectivity index (χ0) is 16.8. The largest absolute Gasteiger partial charge is 0.348 e. The van der Waals surface area contributed by atoms with Gasteiger partial charge in [0.05, 0.1) is 0 Å². The fourth-order valence-electron chi connectivity index (χ4n) is 4.61. The van der Waals surface area contributed by atoms with Gasteiger partial charge in [0, 0.05) is 18.6 Å². The van der Waals surface area contributed by atoms with Crippen molar-refractivity contribution < 1.29 is 9.59 Å². The lowest BCUT2D eigenvalue weighted by atomic mass is 9.95. The molecule has 1 heterocycles. The molecule has 1 saturated heterocycles. The Balaban J connectivity index is 1.32. The molecule has 0 aromatic rings. The zero-order valence-corrected chi connectivity index (χ0v) is 14.9. The van der Waals surface area contributed by atoms with Crippen molar-refractivity contribution in [3.8, 4) is 0 Å². The minimum Gasteiger partial charge on any atom is -0.348 e. The first-order valence-electron chi connectivity index (χ1n) is 10.0. The minimum atomic E-state index is -0.446. The van der Waals surface area contributed by atoms with Gasteiger partial charge in [-0.25, -0.2) is 0 Å². The van der Waals surface area contributed by atoms with E-state index in [0.717, 1.165) is 57.7 Å². The lowest BCUT2D eigenvalue weighted by Gasteiger charge is -2.36. The van der Waals surface area contributed by atoms with E-state index in [1.54, 1.807) is 0 Å². The van der Waals surface area contributed by atoms with Crippen molar-refractivity contribution in [1.82, 2.24) is 15.5 Å². The maximum Gasteiger partial charge on any atom is 0.309 e. The van der Waals surface area contributed by atoms with Crippen LogP contribution in [0.5, 0.6) is 0 Å². The van der Waals surface area contributed by atoms with Crippen LogP contribution in [0.25, 0.3) is 0 Å². The molecule has 5 nitrogen and oxygen atoms in total. The summed E-state index contributed by atoms with van der Waals surface area (Å²) in [5, 5.41) is 5.75. The van der Waals surface area contributed by atoms with E-state index in [1.807, 2.05) is 0 Å². The van der Waals surface area contributed by atoms with E-state index in [1.165, 1.54) is 32.1 Å². The second-order valence-electron chi connectivity index (χ2n) is 7.94. The van der Waals surface area contributed by atoms with E-state index in [0.29, 0.717) is 12.5 Å². The molecule has 0 bridgehead atoms. The Morgan fingerprint density at radius 1 is 0.792 bits per heavy atom. The summed E-state index contributed by atoms with van der Waals surface area (Å²) in [7, 11) is 0. The van der Waals surface area contributed by atoms with Crippen LogP contribution in [0.15, 0.2) is 0 Å². The van der Waals surface area contributed by atoms with Crippen molar-refractivity contribution in [2.75, 3.05) is 19.6 Å². The quantitative estimate of drug-likeness (QED) is 0.774. The Morgan fingerprint density at radius 3 is 2.08 bits per heavy atom. The first-order chi connectivity index (χ1) is 11.7. The van der Waals surface area contributed by atoms with Gasteiger partial charge in [0.25, 0.3) is 0 Å². The van der Waals surface area contributed by atoms with E-state index in [4.69, 9.17) is 0 Å². The van der Waals surface area contributed by atoms with Crippen molar-refractivity contribution in [3.63, 3.8) is 0 Å². The van der Waals surface area contributed by atoms with Gasteiger partial charge >= 0.3 is 11.8 Å². The number of piperidine rings is 1. The van der Waals surface area contributed by atoms with E-state index >= 15 is 0 Å². The molecule has 0 unspecified atom stereocenters. The molecule has 0 aromatic carbocycles. The number of carbonyl (C=O) groups is 2. The van der Waals surface area contributed by atoms with Crippen molar-refractivity contribution in [2.45, 2.75) is 82.7 Å². The van der Waals surface area contributed by atoms with Crippen molar-refractivity contribution in [1.29, 1.82) is 0 Å². The molecule has 0 aromatic heterocycles. The molecule has 24 heavy (non-hydrogen) atoms. The first-order valence-corrected chi connectivity index (χ1v) is 10.0. The van der Waals surface area contributed by atoms with E-state index < -0.39 is 11.8 Å². The molecule has 0 spiro atoms. The molecular formula is C19H33N3O2. The number of hydrogen-bond acceptors (Lipinski definition) is 3. The Hall–Kier alpha value is -1.10. The Kier molecular flexibility index (Phi) is 6.52. The van der Waals surface area contributed by atoms with Crippen molar-refractivity contribution >= 4 is 11.8 Å². The Bertz CT molecular complexity index is 420. The van der Waals surface area contributed by atoms with Gasteiger partial charge in [-0.05, 0) is 57.5 Å². The minimum absolute atomic E-state index is 0.201. The summed E-state index contributed by atoms with van der Waals surface area (Å²) in [6.45, 7) is 2.95. The molecule has 1 aliphatic heterocycles. The summed E-state index contributed by atoms with van der Waals surface area (Å²) >= 11 is 0. The molecular weight excluding hydrogens is 302 g/mol. The van der Waals surface area contributed by atoms with Crippen LogP contribution >= 0.6 is 0 Å². The maximum absolute atomic E-state index is 12.0. The van der Waals surface area contributed by atoms with Crippen LogP contribution in [0.3, 0.4) is 0 Å². The smallest absolute Gasteiger partial charge is 0.309 e. The zero-order valence-electron chi connectivity index (χ0n) is 14.9. The molecule has 2 N–H and O–H groups in total. The van der Waals surface area contributed by atoms with Gasteiger partial charge < -0.3 is 15.5 Å². The molecule has 136 valence electrons. The van der Waals surface area contributed by atoms with Crippen LogP contribution in [0.4, 0.5) is 0 Å². The molecule has 0 radical (unpaired) electrons. The highest BCUT2D eigenvalue weighted by molar-refractivity contribution is 6.35. The third-order valence-electron chi connectivity index (χ3n) is 6.19. The van der Waals surface area contributed by atoms with Gasteiger partial charge in [0.2, 0.25) is 0 Å². The summed E-state index contributed by atoms with van der Waals surface area (Å²) in [5.74, 6) is -0.363. The van der Waals surface area contributed by atoms with Crippen LogP contribution in [0, 0.1) is 5.92 Å². The number of hydrogen-bond donors (Lipinski definition) is 2. The predicted molar refractivity (Wildman–Crippen MR) is 94.6 cm³/mol. The number of likely N-dealkylation sites (tertiary alicyclic amines) is 1. The first kappa shape index (κ1) is 17.7. The fraction of sp³-hybridized carbons (Fsp3) is 0.895. The summed E-state index contributed by atoms with van der Waals surface area (Å²) in [6.07, 6.45) is 13.4. The van der Waals surface area contributed by atoms with Gasteiger partial charge in [-0.15, -0.1) is 0 Å². The Morgan fingerprint density at radius 2 is 1.42 bits per heavy atom. The highest BCUT2D eigenvalue weighted by atomic mass is 16.2. The molecule has 5 heteroatoms. The highest BCUT2D eigenvalue weighted by Crippen LogP contribution is 2.27. The third kappa shape index (κ3) is 4.95. The van der Waals surface area contributed by atoms with E-state index in [-0.39, 0.29) is 6.04 Å². The van der Waals surface area contributed by atoms with Gasteiger partial charge in [0.15, 0.2) is 0 Å². The number of nitrogens with one attached hydrogen (secondary N) is 2. The number of nitrogens with zero attached hydrogens (tertiary/aromatic N) is 1. The molecule has 3 rings (SSSR count). The van der Waals surface area contributed by atoms with Crippen LogP contribution in [-0.4, -0.2) is 48.4 Å². The van der Waals surface area contributed by atoms with Crippen LogP contribution in [0.1, 0.15) is 70.6 Å². The summed E-state index contributed by atoms with van der Waals surface area (Å²) in [4.78, 5) is 26.6. The van der Waals surface area contributed by atoms with Crippen LogP contribution in [-0.2, 0) is 9.59 Å². The van der Waals surface area contributed by atoms with Gasteiger partial charge in [-0.1, -0.05) is 32.1 Å². The van der Waals surface area contributed by atoms with Crippen LogP contribution in [0.2, 0.25) is 0 Å². The van der Waals surface area contributed by atoms with E-state index in [9.17, 15) is 9.59 Å². The highest BCUT2D eigenvalue weighted by Gasteiger charge is 2.27. The predicted octanol–water partition coefficient (Wildman–Crippen LogP) is 2.21. The number of amides is 2. The van der Waals surface area contributed by atoms with E-state index in [2.05, 4.69) is 15.5 Å². The number of carbonyl (C=O) groups excluding carboxylic acids is 2. The number of rotatable bonds is 4. The summed E-state index contributed by atoms with van der Waals surface area (Å²) in [6, 6.07) is 1.01. The summed E-state index contributed by atoms with van der Waals surface area (Å²) in [5.41, 5.74) is 0. The van der Waals surface area contributed by atoms with Crippen LogP contribution < -0.4 is 10.6 Å². The monoisotopic (exact) mass is 335 g/mol. The molecule has 2 aliphatic carbocycles. The third-order valence-corrected chi connectivity index (χ3v) is 6.19. The topological polar surface area (TPSA) is 61.4 Å². The Labute approximate surface area is 145 Å². The molecule has 3 aliphatic rings. The van der Waals surface area contributed by atoms with Crippen molar-refractivity contribution in [3.05, 3.63) is 0 Å². The maximum atomic E-state index is 12.0. The lowest BCUT2D eigenvalue weighted by Crippen LogP contribution is -2.47. The summed E-state index contributed by atoms with van der Waals surface area (Å²) < 4.78 is 0. The second-order valence-corrected chi connectivity index (χ2v) is 7.94. The fourth-order valence-corrected chi connectivity index (χ4v) is 4.61. The normalized spacial score (nSPS) is 24.8. The van der Waals surface area contributed by atoms with Gasteiger partial charge in [-0.3, -0.25) is 9.59 Å². The average Bonchev–Trinajstić information content (AvgIpc) is 3.15. The van der Waals surface area contributed by atoms with Gasteiger partial charge in [-0.2, -0.15) is 0 Å². The SMILES string of the molecule is O=C(NCC1CCN(C2CCCC2)CC1)C(=O)NC1CCCCC1. The average molecular weight is 335 g/mol. The van der Waals surface area contributed by atoms with Crippen molar-refractivity contribution in [2.24, 2.45) is 5.92 Å². The molecule has 3 fully saturated rings. The molecule has 2 saturated carbocycles. The molecule has 0 atom stereocenters. The lowest BCUT2D eigenvalue weighted by molar-refractivity contribution is -0.139. The van der Waals surface area contributed by atoms with Gasteiger partial charge in [0.1, 0.15) is 0 Å². The molecule has 2 amide bonds. The second kappa shape index (κ2) is 8.84.